The Kier molecular flexibility index (Phi) is 7.01. The van der Waals surface area contributed by atoms with E-state index in [0.29, 0.717) is 30.5 Å². The minimum Gasteiger partial charge on any atom is -0.493 e. The molecule has 152 valence electrons. The van der Waals surface area contributed by atoms with Gasteiger partial charge in [-0.1, -0.05) is 43.3 Å². The van der Waals surface area contributed by atoms with Crippen molar-refractivity contribution in [3.8, 4) is 23.0 Å². The fourth-order valence-corrected chi connectivity index (χ4v) is 3.08. The predicted octanol–water partition coefficient (Wildman–Crippen LogP) is 5.73. The Morgan fingerprint density at radius 3 is 2.17 bits per heavy atom. The van der Waals surface area contributed by atoms with Gasteiger partial charge in [-0.15, -0.1) is 0 Å². The largest absolute Gasteiger partial charge is 0.493 e. The molecular weight excluding hydrogens is 364 g/mol. The van der Waals surface area contributed by atoms with E-state index in [9.17, 15) is 0 Å². The Hall–Kier alpha value is -3.14. The molecule has 0 aliphatic carbocycles. The minimum absolute atomic E-state index is 0.418. The van der Waals surface area contributed by atoms with Crippen LogP contribution >= 0.6 is 0 Å². The summed E-state index contributed by atoms with van der Waals surface area (Å²) in [5.74, 6) is 2.79. The number of rotatable bonds is 9. The summed E-state index contributed by atoms with van der Waals surface area (Å²) in [7, 11) is 3.26. The summed E-state index contributed by atoms with van der Waals surface area (Å²) in [6.45, 7) is 5.12. The van der Waals surface area contributed by atoms with Crippen molar-refractivity contribution in [1.29, 1.82) is 0 Å². The first-order valence-corrected chi connectivity index (χ1v) is 9.78. The summed E-state index contributed by atoms with van der Waals surface area (Å²) < 4.78 is 23.1. The molecule has 0 aliphatic heterocycles. The van der Waals surface area contributed by atoms with Gasteiger partial charge in [-0.3, -0.25) is 0 Å². The molecule has 4 nitrogen and oxygen atoms in total. The van der Waals surface area contributed by atoms with E-state index < -0.39 is 0 Å². The summed E-state index contributed by atoms with van der Waals surface area (Å²) >= 11 is 0. The van der Waals surface area contributed by atoms with Crippen LogP contribution in [0.5, 0.6) is 23.0 Å². The van der Waals surface area contributed by atoms with E-state index in [2.05, 4.69) is 32.0 Å². The van der Waals surface area contributed by atoms with Crippen LogP contribution in [0.25, 0.3) is 0 Å². The first-order valence-electron chi connectivity index (χ1n) is 9.78. The molecule has 0 spiro atoms. The van der Waals surface area contributed by atoms with E-state index in [0.717, 1.165) is 34.4 Å². The fraction of sp³-hybridized carbons (Fsp3) is 0.280. The van der Waals surface area contributed by atoms with Crippen molar-refractivity contribution in [2.45, 2.75) is 33.5 Å². The molecule has 0 saturated carbocycles. The van der Waals surface area contributed by atoms with Gasteiger partial charge in [-0.05, 0) is 59.9 Å². The molecule has 0 aromatic heterocycles. The highest BCUT2D eigenvalue weighted by molar-refractivity contribution is 5.54. The zero-order valence-electron chi connectivity index (χ0n) is 17.5. The van der Waals surface area contributed by atoms with Crippen molar-refractivity contribution in [1.82, 2.24) is 0 Å². The van der Waals surface area contributed by atoms with Crippen LogP contribution in [0.4, 0.5) is 0 Å². The van der Waals surface area contributed by atoms with Gasteiger partial charge >= 0.3 is 0 Å². The van der Waals surface area contributed by atoms with Crippen molar-refractivity contribution < 1.29 is 18.9 Å². The van der Waals surface area contributed by atoms with Gasteiger partial charge in [-0.25, -0.2) is 0 Å². The molecule has 3 aromatic carbocycles. The van der Waals surface area contributed by atoms with Crippen molar-refractivity contribution in [2.75, 3.05) is 14.2 Å². The Balaban J connectivity index is 1.75. The Morgan fingerprint density at radius 2 is 1.48 bits per heavy atom. The molecule has 3 aromatic rings. The monoisotopic (exact) mass is 392 g/mol. The minimum atomic E-state index is 0.418. The average molecular weight is 392 g/mol. The number of ether oxygens (including phenoxy) is 4. The Labute approximate surface area is 173 Å². The molecule has 0 fully saturated rings. The van der Waals surface area contributed by atoms with Gasteiger partial charge in [-0.2, -0.15) is 0 Å². The maximum atomic E-state index is 6.14. The second-order valence-electron chi connectivity index (χ2n) is 6.83. The van der Waals surface area contributed by atoms with Gasteiger partial charge in [0.1, 0.15) is 19.0 Å². The first kappa shape index (κ1) is 20.6. The predicted molar refractivity (Wildman–Crippen MR) is 115 cm³/mol. The average Bonchev–Trinajstić information content (AvgIpc) is 2.77. The summed E-state index contributed by atoms with van der Waals surface area (Å²) in [5, 5.41) is 0. The number of aryl methyl sites for hydroxylation is 2. The summed E-state index contributed by atoms with van der Waals surface area (Å²) in [5.41, 5.74) is 4.49. The summed E-state index contributed by atoms with van der Waals surface area (Å²) in [6, 6.07) is 20.2. The number of methoxy groups -OCH3 is 2. The van der Waals surface area contributed by atoms with Crippen molar-refractivity contribution in [3.05, 3.63) is 82.9 Å². The lowest BCUT2D eigenvalue weighted by Crippen LogP contribution is -2.03. The van der Waals surface area contributed by atoms with Crippen molar-refractivity contribution in [3.63, 3.8) is 0 Å². The molecule has 0 radical (unpaired) electrons. The van der Waals surface area contributed by atoms with E-state index in [-0.39, 0.29) is 0 Å². The fourth-order valence-electron chi connectivity index (χ4n) is 3.08. The normalized spacial score (nSPS) is 10.5. The van der Waals surface area contributed by atoms with Gasteiger partial charge in [0.25, 0.3) is 0 Å². The molecule has 0 atom stereocenters. The molecule has 0 unspecified atom stereocenters. The van der Waals surface area contributed by atoms with Crippen molar-refractivity contribution >= 4 is 0 Å². The zero-order chi connectivity index (χ0) is 20.6. The van der Waals surface area contributed by atoms with Crippen LogP contribution in [-0.2, 0) is 19.6 Å². The lowest BCUT2D eigenvalue weighted by molar-refractivity contribution is 0.272. The van der Waals surface area contributed by atoms with E-state index in [1.165, 1.54) is 0 Å². The van der Waals surface area contributed by atoms with Gasteiger partial charge in [0.05, 0.1) is 14.2 Å². The molecule has 0 N–H and O–H groups in total. The quantitative estimate of drug-likeness (QED) is 0.466. The lowest BCUT2D eigenvalue weighted by Gasteiger charge is -2.16. The van der Waals surface area contributed by atoms with Gasteiger partial charge in [0.2, 0.25) is 5.75 Å². The number of benzene rings is 3. The molecule has 29 heavy (non-hydrogen) atoms. The standard InChI is InChI=1S/C25H28O4/c1-5-19-13-23(26-3)25(27-4)24(14-19)29-17-21-15-22(12-11-18(21)2)28-16-20-9-7-6-8-10-20/h6-15H,5,16-17H2,1-4H3. The first-order chi connectivity index (χ1) is 14.1. The number of hydrogen-bond donors (Lipinski definition) is 0. The molecule has 0 heterocycles. The van der Waals surface area contributed by atoms with Crippen LogP contribution in [0.3, 0.4) is 0 Å². The highest BCUT2D eigenvalue weighted by Crippen LogP contribution is 2.39. The summed E-state index contributed by atoms with van der Waals surface area (Å²) in [4.78, 5) is 0. The van der Waals surface area contributed by atoms with E-state index in [1.54, 1.807) is 14.2 Å². The molecule has 3 rings (SSSR count). The van der Waals surface area contributed by atoms with Crippen LogP contribution in [0.1, 0.15) is 29.2 Å². The van der Waals surface area contributed by atoms with Crippen LogP contribution in [0, 0.1) is 6.92 Å². The molecule has 0 bridgehead atoms. The van der Waals surface area contributed by atoms with Crippen LogP contribution < -0.4 is 18.9 Å². The maximum absolute atomic E-state index is 6.14. The third kappa shape index (κ3) is 5.23. The topological polar surface area (TPSA) is 36.9 Å². The summed E-state index contributed by atoms with van der Waals surface area (Å²) in [6.07, 6.45) is 0.887. The van der Waals surface area contributed by atoms with E-state index >= 15 is 0 Å². The second kappa shape index (κ2) is 9.87. The lowest BCUT2D eigenvalue weighted by atomic mass is 10.1. The molecule has 0 saturated heterocycles. The third-order valence-corrected chi connectivity index (χ3v) is 4.86. The van der Waals surface area contributed by atoms with Crippen LogP contribution in [0.2, 0.25) is 0 Å². The SMILES string of the molecule is CCc1cc(OC)c(OC)c(OCc2cc(OCc3ccccc3)ccc2C)c1. The van der Waals surface area contributed by atoms with Gasteiger partial charge in [0.15, 0.2) is 11.5 Å². The third-order valence-electron chi connectivity index (χ3n) is 4.86. The van der Waals surface area contributed by atoms with Gasteiger partial charge in [0, 0.05) is 0 Å². The van der Waals surface area contributed by atoms with Crippen LogP contribution in [0.15, 0.2) is 60.7 Å². The second-order valence-corrected chi connectivity index (χ2v) is 6.83. The van der Waals surface area contributed by atoms with Gasteiger partial charge < -0.3 is 18.9 Å². The zero-order valence-corrected chi connectivity index (χ0v) is 17.5. The number of hydrogen-bond acceptors (Lipinski definition) is 4. The van der Waals surface area contributed by atoms with Crippen molar-refractivity contribution in [2.24, 2.45) is 0 Å². The van der Waals surface area contributed by atoms with E-state index in [4.69, 9.17) is 18.9 Å². The Bertz CT molecular complexity index is 935. The van der Waals surface area contributed by atoms with Crippen LogP contribution in [-0.4, -0.2) is 14.2 Å². The molecular formula is C25H28O4. The molecule has 0 aliphatic rings. The highest BCUT2D eigenvalue weighted by atomic mass is 16.5. The maximum Gasteiger partial charge on any atom is 0.203 e. The smallest absolute Gasteiger partial charge is 0.203 e. The Morgan fingerprint density at radius 1 is 0.724 bits per heavy atom. The molecule has 0 amide bonds. The highest BCUT2D eigenvalue weighted by Gasteiger charge is 2.14. The molecule has 4 heteroatoms. The van der Waals surface area contributed by atoms with E-state index in [1.807, 2.05) is 42.5 Å².